The summed E-state index contributed by atoms with van der Waals surface area (Å²) in [6.45, 7) is 3.36. The van der Waals surface area contributed by atoms with Crippen molar-refractivity contribution in [2.24, 2.45) is 0 Å². The highest BCUT2D eigenvalue weighted by molar-refractivity contribution is 5.31. The molecule has 0 aliphatic heterocycles. The predicted molar refractivity (Wildman–Crippen MR) is 87.5 cm³/mol. The molecular weight excluding hydrogens is 258 g/mol. The summed E-state index contributed by atoms with van der Waals surface area (Å²) in [5, 5.41) is 3.71. The molecule has 2 aliphatic rings. The second-order valence-electron chi connectivity index (χ2n) is 6.60. The highest BCUT2D eigenvalue weighted by Gasteiger charge is 2.30. The molecule has 2 heteroatoms. The van der Waals surface area contributed by atoms with Crippen molar-refractivity contribution >= 4 is 0 Å². The zero-order valence-electron chi connectivity index (χ0n) is 13.3. The highest BCUT2D eigenvalue weighted by atomic mass is 16.5. The molecule has 0 spiro atoms. The summed E-state index contributed by atoms with van der Waals surface area (Å²) in [6.07, 6.45) is 10.8. The van der Waals surface area contributed by atoms with Crippen LogP contribution in [0, 0.1) is 0 Å². The van der Waals surface area contributed by atoms with Gasteiger partial charge in [-0.1, -0.05) is 44.0 Å². The summed E-state index contributed by atoms with van der Waals surface area (Å²) in [6, 6.07) is 9.43. The molecule has 3 unspecified atom stereocenters. The molecule has 1 aromatic rings. The standard InChI is InChI=1S/C19H29NO/c1-2-14-20-17-11-5-6-12-19(17)21-18-13-7-9-15-8-3-4-10-16(15)18/h3-4,8,10,17-20H,2,5-7,9,11-14H2,1H3. The van der Waals surface area contributed by atoms with Gasteiger partial charge < -0.3 is 10.1 Å². The Morgan fingerprint density at radius 3 is 2.86 bits per heavy atom. The Kier molecular flexibility index (Phi) is 5.32. The van der Waals surface area contributed by atoms with Crippen LogP contribution >= 0.6 is 0 Å². The van der Waals surface area contributed by atoms with Crippen LogP contribution in [0.1, 0.15) is 69.1 Å². The van der Waals surface area contributed by atoms with Crippen molar-refractivity contribution in [3.63, 3.8) is 0 Å². The van der Waals surface area contributed by atoms with Gasteiger partial charge in [0.1, 0.15) is 0 Å². The molecular formula is C19H29NO. The van der Waals surface area contributed by atoms with E-state index in [1.54, 1.807) is 0 Å². The largest absolute Gasteiger partial charge is 0.369 e. The van der Waals surface area contributed by atoms with E-state index in [4.69, 9.17) is 4.74 Å². The Balaban J connectivity index is 1.67. The van der Waals surface area contributed by atoms with Gasteiger partial charge in [0, 0.05) is 6.04 Å². The van der Waals surface area contributed by atoms with Crippen molar-refractivity contribution in [2.45, 2.75) is 76.5 Å². The monoisotopic (exact) mass is 287 g/mol. The first kappa shape index (κ1) is 15.1. The smallest absolute Gasteiger partial charge is 0.0832 e. The van der Waals surface area contributed by atoms with Crippen LogP contribution < -0.4 is 5.32 Å². The number of ether oxygens (including phenoxy) is 1. The second-order valence-corrected chi connectivity index (χ2v) is 6.60. The van der Waals surface area contributed by atoms with E-state index in [9.17, 15) is 0 Å². The summed E-state index contributed by atoms with van der Waals surface area (Å²) >= 11 is 0. The molecule has 0 saturated heterocycles. The Labute approximate surface area is 129 Å². The van der Waals surface area contributed by atoms with Crippen LogP contribution in [0.5, 0.6) is 0 Å². The van der Waals surface area contributed by atoms with Gasteiger partial charge in [0.2, 0.25) is 0 Å². The van der Waals surface area contributed by atoms with Crippen LogP contribution in [-0.2, 0) is 11.2 Å². The average molecular weight is 287 g/mol. The van der Waals surface area contributed by atoms with Gasteiger partial charge in [0.05, 0.1) is 12.2 Å². The first-order valence-corrected chi connectivity index (χ1v) is 8.85. The van der Waals surface area contributed by atoms with Gasteiger partial charge in [0.15, 0.2) is 0 Å². The van der Waals surface area contributed by atoms with E-state index in [1.165, 1.54) is 62.5 Å². The molecule has 0 radical (unpaired) electrons. The van der Waals surface area contributed by atoms with Crippen molar-refractivity contribution in [3.8, 4) is 0 Å². The molecule has 3 atom stereocenters. The van der Waals surface area contributed by atoms with E-state index in [1.807, 2.05) is 0 Å². The van der Waals surface area contributed by atoms with Crippen LogP contribution in [0.15, 0.2) is 24.3 Å². The maximum absolute atomic E-state index is 6.61. The van der Waals surface area contributed by atoms with Crippen LogP contribution in [-0.4, -0.2) is 18.7 Å². The summed E-state index contributed by atoms with van der Waals surface area (Å²) in [5.74, 6) is 0. The van der Waals surface area contributed by atoms with Crippen LogP contribution in [0.25, 0.3) is 0 Å². The van der Waals surface area contributed by atoms with Gasteiger partial charge in [-0.2, -0.15) is 0 Å². The lowest BCUT2D eigenvalue weighted by molar-refractivity contribution is -0.0550. The molecule has 0 amide bonds. The van der Waals surface area contributed by atoms with Gasteiger partial charge in [-0.15, -0.1) is 0 Å². The molecule has 21 heavy (non-hydrogen) atoms. The number of benzene rings is 1. The van der Waals surface area contributed by atoms with Crippen molar-refractivity contribution in [1.29, 1.82) is 0 Å². The molecule has 2 aliphatic carbocycles. The highest BCUT2D eigenvalue weighted by Crippen LogP contribution is 2.35. The third kappa shape index (κ3) is 3.67. The zero-order valence-corrected chi connectivity index (χ0v) is 13.3. The minimum Gasteiger partial charge on any atom is -0.369 e. The first-order chi connectivity index (χ1) is 10.4. The lowest BCUT2D eigenvalue weighted by atomic mass is 9.88. The molecule has 1 fully saturated rings. The minimum absolute atomic E-state index is 0.323. The third-order valence-corrected chi connectivity index (χ3v) is 5.01. The fourth-order valence-corrected chi connectivity index (χ4v) is 3.88. The fraction of sp³-hybridized carbons (Fsp3) is 0.684. The van der Waals surface area contributed by atoms with Gasteiger partial charge in [0.25, 0.3) is 0 Å². The zero-order chi connectivity index (χ0) is 14.5. The minimum atomic E-state index is 0.323. The van der Waals surface area contributed by atoms with Crippen LogP contribution in [0.3, 0.4) is 0 Å². The summed E-state index contributed by atoms with van der Waals surface area (Å²) in [7, 11) is 0. The Morgan fingerprint density at radius 1 is 1.10 bits per heavy atom. The molecule has 116 valence electrons. The first-order valence-electron chi connectivity index (χ1n) is 8.85. The van der Waals surface area contributed by atoms with Crippen molar-refractivity contribution in [2.75, 3.05) is 6.54 Å². The molecule has 3 rings (SSSR count). The van der Waals surface area contributed by atoms with E-state index in [0.717, 1.165) is 6.54 Å². The number of hydrogen-bond acceptors (Lipinski definition) is 2. The summed E-state index contributed by atoms with van der Waals surface area (Å²) in [5.41, 5.74) is 2.95. The predicted octanol–water partition coefficient (Wildman–Crippen LogP) is 4.39. The number of nitrogens with one attached hydrogen (secondary N) is 1. The summed E-state index contributed by atoms with van der Waals surface area (Å²) < 4.78 is 6.61. The second kappa shape index (κ2) is 7.42. The summed E-state index contributed by atoms with van der Waals surface area (Å²) in [4.78, 5) is 0. The van der Waals surface area contributed by atoms with E-state index < -0.39 is 0 Å². The maximum atomic E-state index is 6.61. The van der Waals surface area contributed by atoms with Crippen molar-refractivity contribution < 1.29 is 4.74 Å². The van der Waals surface area contributed by atoms with Gasteiger partial charge in [-0.25, -0.2) is 0 Å². The Morgan fingerprint density at radius 2 is 1.95 bits per heavy atom. The van der Waals surface area contributed by atoms with E-state index in [-0.39, 0.29) is 0 Å². The van der Waals surface area contributed by atoms with Crippen molar-refractivity contribution in [1.82, 2.24) is 5.32 Å². The topological polar surface area (TPSA) is 21.3 Å². The van der Waals surface area contributed by atoms with Crippen LogP contribution in [0.2, 0.25) is 0 Å². The SMILES string of the molecule is CCCNC1CCCCC1OC1CCCc2ccccc21. The third-order valence-electron chi connectivity index (χ3n) is 5.01. The fourth-order valence-electron chi connectivity index (χ4n) is 3.88. The lowest BCUT2D eigenvalue weighted by Gasteiger charge is -2.36. The molecule has 1 saturated carbocycles. The lowest BCUT2D eigenvalue weighted by Crippen LogP contribution is -2.44. The molecule has 0 aromatic heterocycles. The van der Waals surface area contributed by atoms with E-state index in [0.29, 0.717) is 18.2 Å². The van der Waals surface area contributed by atoms with Crippen molar-refractivity contribution in [3.05, 3.63) is 35.4 Å². The number of aryl methyl sites for hydroxylation is 1. The Bertz CT molecular complexity index is 445. The quantitative estimate of drug-likeness (QED) is 0.867. The molecule has 0 heterocycles. The van der Waals surface area contributed by atoms with Gasteiger partial charge >= 0.3 is 0 Å². The number of hydrogen-bond donors (Lipinski definition) is 1. The molecule has 1 aromatic carbocycles. The molecule has 0 bridgehead atoms. The van der Waals surface area contributed by atoms with Crippen LogP contribution in [0.4, 0.5) is 0 Å². The van der Waals surface area contributed by atoms with E-state index >= 15 is 0 Å². The average Bonchev–Trinajstić information content (AvgIpc) is 2.54. The number of fused-ring (bicyclic) bond motifs is 1. The molecule has 2 nitrogen and oxygen atoms in total. The normalized spacial score (nSPS) is 29.1. The van der Waals surface area contributed by atoms with Gasteiger partial charge in [-0.3, -0.25) is 0 Å². The maximum Gasteiger partial charge on any atom is 0.0832 e. The Hall–Kier alpha value is -0.860. The van der Waals surface area contributed by atoms with E-state index in [2.05, 4.69) is 36.5 Å². The number of rotatable bonds is 5. The molecule has 1 N–H and O–H groups in total. The van der Waals surface area contributed by atoms with Gasteiger partial charge in [-0.05, 0) is 56.2 Å².